The van der Waals surface area contributed by atoms with Crippen molar-refractivity contribution in [1.29, 1.82) is 0 Å². The van der Waals surface area contributed by atoms with Crippen LogP contribution in [0.3, 0.4) is 0 Å². The van der Waals surface area contributed by atoms with E-state index >= 15 is 0 Å². The summed E-state index contributed by atoms with van der Waals surface area (Å²) in [6.07, 6.45) is 0.350. The molecule has 0 saturated carbocycles. The van der Waals surface area contributed by atoms with E-state index in [9.17, 15) is 13.6 Å². The summed E-state index contributed by atoms with van der Waals surface area (Å²) in [5.41, 5.74) is 1.19. The first-order valence-corrected chi connectivity index (χ1v) is 8.08. The number of carbonyl (C=O) groups excluding carboxylic acids is 1. The molecule has 0 fully saturated rings. The van der Waals surface area contributed by atoms with Crippen LogP contribution in [0.1, 0.15) is 18.1 Å². The molecule has 2 aromatic carbocycles. The number of hydrogen-bond acceptors (Lipinski definition) is 4. The van der Waals surface area contributed by atoms with Crippen LogP contribution in [-0.2, 0) is 16.2 Å². The number of amides is 1. The Balaban J connectivity index is 1.85. The topological polar surface area (TPSA) is 59.9 Å². The molecule has 0 spiro atoms. The normalized spacial score (nSPS) is 12.2. The van der Waals surface area contributed by atoms with Gasteiger partial charge in [0, 0.05) is 17.1 Å². The number of para-hydroxylation sites is 1. The minimum Gasteiger partial charge on any atom is -0.434 e. The van der Waals surface area contributed by atoms with Gasteiger partial charge in [-0.3, -0.25) is 4.79 Å². The molecule has 0 radical (unpaired) electrons. The van der Waals surface area contributed by atoms with E-state index in [-0.39, 0.29) is 11.7 Å². The summed E-state index contributed by atoms with van der Waals surface area (Å²) in [6, 6.07) is 13.2. The number of rotatable bonds is 8. The maximum Gasteiger partial charge on any atom is 0.387 e. The van der Waals surface area contributed by atoms with E-state index in [0.29, 0.717) is 17.1 Å². The van der Waals surface area contributed by atoms with E-state index in [0.717, 1.165) is 5.56 Å². The molecule has 0 aromatic heterocycles. The summed E-state index contributed by atoms with van der Waals surface area (Å²) in [5.74, 6) is -0.399. The lowest BCUT2D eigenvalue weighted by Crippen LogP contribution is -2.33. The second-order valence-corrected chi connectivity index (χ2v) is 5.68. The average Bonchev–Trinajstić information content (AvgIpc) is 2.62. The van der Waals surface area contributed by atoms with Crippen molar-refractivity contribution in [3.05, 3.63) is 64.7 Å². The van der Waals surface area contributed by atoms with Gasteiger partial charge in [-0.05, 0) is 36.8 Å². The minimum absolute atomic E-state index is 0.0327. The summed E-state index contributed by atoms with van der Waals surface area (Å²) in [7, 11) is 0. The molecule has 1 atom stereocenters. The highest BCUT2D eigenvalue weighted by Crippen LogP contribution is 2.18. The highest BCUT2D eigenvalue weighted by atomic mass is 35.5. The molecule has 26 heavy (non-hydrogen) atoms. The smallest absolute Gasteiger partial charge is 0.387 e. The van der Waals surface area contributed by atoms with Gasteiger partial charge in [0.2, 0.25) is 6.10 Å². The van der Waals surface area contributed by atoms with Gasteiger partial charge in [0.05, 0.1) is 6.21 Å². The van der Waals surface area contributed by atoms with Crippen molar-refractivity contribution in [1.82, 2.24) is 5.32 Å². The summed E-state index contributed by atoms with van der Waals surface area (Å²) in [6.45, 7) is -1.10. The van der Waals surface area contributed by atoms with Crippen LogP contribution in [0.5, 0.6) is 5.75 Å². The zero-order valence-electron chi connectivity index (χ0n) is 13.9. The summed E-state index contributed by atoms with van der Waals surface area (Å²) in [4.78, 5) is 17.0. The number of nitrogens with zero attached hydrogens (tertiary/aromatic N) is 1. The SMILES string of the molecule is CC(O/N=C/c1ccccc1OC(F)F)C(=O)NCc1ccc(Cl)cc1. The Morgan fingerprint density at radius 2 is 1.92 bits per heavy atom. The Bertz CT molecular complexity index is 754. The van der Waals surface area contributed by atoms with Crippen LogP contribution in [0, 0.1) is 0 Å². The molecule has 1 unspecified atom stereocenters. The first-order valence-electron chi connectivity index (χ1n) is 7.71. The van der Waals surface area contributed by atoms with Crippen molar-refractivity contribution in [2.45, 2.75) is 26.2 Å². The lowest BCUT2D eigenvalue weighted by Gasteiger charge is -2.11. The second-order valence-electron chi connectivity index (χ2n) is 5.24. The van der Waals surface area contributed by atoms with Crippen LogP contribution in [0.4, 0.5) is 8.78 Å². The van der Waals surface area contributed by atoms with E-state index in [1.807, 2.05) is 0 Å². The average molecular weight is 383 g/mol. The van der Waals surface area contributed by atoms with E-state index < -0.39 is 12.7 Å². The Morgan fingerprint density at radius 3 is 2.62 bits per heavy atom. The third kappa shape index (κ3) is 6.33. The van der Waals surface area contributed by atoms with Crippen molar-refractivity contribution in [3.8, 4) is 5.75 Å². The summed E-state index contributed by atoms with van der Waals surface area (Å²) < 4.78 is 29.1. The van der Waals surface area contributed by atoms with Gasteiger partial charge in [-0.1, -0.05) is 41.0 Å². The molecule has 1 N–H and O–H groups in total. The Kier molecular flexibility index (Phi) is 7.35. The molecule has 8 heteroatoms. The predicted molar refractivity (Wildman–Crippen MR) is 94.5 cm³/mol. The van der Waals surface area contributed by atoms with E-state index in [1.54, 1.807) is 36.4 Å². The first kappa shape index (κ1) is 19.7. The van der Waals surface area contributed by atoms with E-state index in [2.05, 4.69) is 15.2 Å². The molecule has 2 aromatic rings. The maximum absolute atomic E-state index is 12.3. The molecule has 0 bridgehead atoms. The van der Waals surface area contributed by atoms with Gasteiger partial charge in [0.1, 0.15) is 5.75 Å². The number of halogens is 3. The zero-order chi connectivity index (χ0) is 18.9. The molecule has 0 heterocycles. The number of nitrogens with one attached hydrogen (secondary N) is 1. The van der Waals surface area contributed by atoms with Crippen LogP contribution >= 0.6 is 11.6 Å². The number of carbonyl (C=O) groups is 1. The first-order chi connectivity index (χ1) is 12.5. The van der Waals surface area contributed by atoms with Gasteiger partial charge in [-0.2, -0.15) is 8.78 Å². The minimum atomic E-state index is -2.94. The molecule has 0 aliphatic carbocycles. The molecule has 0 aliphatic rings. The van der Waals surface area contributed by atoms with Crippen molar-refractivity contribution >= 4 is 23.7 Å². The lowest BCUT2D eigenvalue weighted by molar-refractivity contribution is -0.131. The van der Waals surface area contributed by atoms with Gasteiger partial charge in [-0.25, -0.2) is 0 Å². The number of benzene rings is 2. The van der Waals surface area contributed by atoms with Gasteiger partial charge in [-0.15, -0.1) is 0 Å². The number of ether oxygens (including phenoxy) is 1. The maximum atomic E-state index is 12.3. The summed E-state index contributed by atoms with van der Waals surface area (Å²) in [5, 5.41) is 6.98. The van der Waals surface area contributed by atoms with Gasteiger partial charge >= 0.3 is 6.61 Å². The molecule has 5 nitrogen and oxygen atoms in total. The van der Waals surface area contributed by atoms with Gasteiger partial charge in [0.15, 0.2) is 0 Å². The van der Waals surface area contributed by atoms with Gasteiger partial charge < -0.3 is 14.9 Å². The fraction of sp³-hybridized carbons (Fsp3) is 0.222. The monoisotopic (exact) mass is 382 g/mol. The lowest BCUT2D eigenvalue weighted by atomic mass is 10.2. The standard InChI is InChI=1S/C18H17ClF2N2O3/c1-12(17(24)22-10-13-6-8-15(19)9-7-13)26-23-11-14-4-2-3-5-16(14)25-18(20)21/h2-9,11-12,18H,10H2,1H3,(H,22,24)/b23-11+. The third-order valence-electron chi connectivity index (χ3n) is 3.30. The fourth-order valence-corrected chi connectivity index (χ4v) is 2.08. The van der Waals surface area contributed by atoms with Crippen LogP contribution in [0.25, 0.3) is 0 Å². The highest BCUT2D eigenvalue weighted by Gasteiger charge is 2.14. The number of alkyl halides is 2. The van der Waals surface area contributed by atoms with Crippen molar-refractivity contribution in [2.24, 2.45) is 5.16 Å². The second kappa shape index (κ2) is 9.72. The molecule has 0 aliphatic heterocycles. The quantitative estimate of drug-likeness (QED) is 0.554. The van der Waals surface area contributed by atoms with Crippen molar-refractivity contribution in [2.75, 3.05) is 0 Å². The Hall–Kier alpha value is -2.67. The van der Waals surface area contributed by atoms with Crippen molar-refractivity contribution in [3.63, 3.8) is 0 Å². The highest BCUT2D eigenvalue weighted by molar-refractivity contribution is 6.30. The molecular formula is C18H17ClF2N2O3. The van der Waals surface area contributed by atoms with Crippen LogP contribution in [-0.4, -0.2) is 24.8 Å². The van der Waals surface area contributed by atoms with E-state index in [1.165, 1.54) is 25.3 Å². The number of hydrogen-bond donors (Lipinski definition) is 1. The molecular weight excluding hydrogens is 366 g/mol. The third-order valence-corrected chi connectivity index (χ3v) is 3.55. The Morgan fingerprint density at radius 1 is 1.23 bits per heavy atom. The molecule has 0 saturated heterocycles. The molecule has 138 valence electrons. The van der Waals surface area contributed by atoms with Crippen LogP contribution < -0.4 is 10.1 Å². The predicted octanol–water partition coefficient (Wildman–Crippen LogP) is 4.00. The van der Waals surface area contributed by atoms with E-state index in [4.69, 9.17) is 16.4 Å². The molecule has 2 rings (SSSR count). The molecule has 1 amide bonds. The van der Waals surface area contributed by atoms with Crippen LogP contribution in [0.15, 0.2) is 53.7 Å². The fourth-order valence-electron chi connectivity index (χ4n) is 1.95. The zero-order valence-corrected chi connectivity index (χ0v) is 14.6. The van der Waals surface area contributed by atoms with Gasteiger partial charge in [0.25, 0.3) is 5.91 Å². The van der Waals surface area contributed by atoms with Crippen molar-refractivity contribution < 1.29 is 23.1 Å². The van der Waals surface area contributed by atoms with Crippen LogP contribution in [0.2, 0.25) is 5.02 Å². The number of oxime groups is 1. The largest absolute Gasteiger partial charge is 0.434 e. The Labute approximate surface area is 154 Å². The summed E-state index contributed by atoms with van der Waals surface area (Å²) >= 11 is 5.80.